The van der Waals surface area contributed by atoms with Crippen molar-refractivity contribution < 1.29 is 14.4 Å². The fraction of sp³-hybridized carbons (Fsp3) is 0.250. The van der Waals surface area contributed by atoms with Gasteiger partial charge in [-0.25, -0.2) is 4.98 Å². The first-order valence-corrected chi connectivity index (χ1v) is 11.3. The Labute approximate surface area is 190 Å². The zero-order chi connectivity index (χ0) is 22.5. The smallest absolute Gasteiger partial charge is 0.244 e. The molecule has 0 bridgehead atoms. The molecule has 7 nitrogen and oxygen atoms in total. The van der Waals surface area contributed by atoms with Crippen molar-refractivity contribution in [3.05, 3.63) is 64.5 Å². The van der Waals surface area contributed by atoms with Gasteiger partial charge in [-0.15, -0.1) is 11.3 Å². The Morgan fingerprint density at radius 1 is 1.12 bits per heavy atom. The summed E-state index contributed by atoms with van der Waals surface area (Å²) in [6.07, 6.45) is 0.839. The Bertz CT molecular complexity index is 1140. The van der Waals surface area contributed by atoms with Crippen molar-refractivity contribution in [1.82, 2.24) is 10.3 Å². The molecule has 0 saturated heterocycles. The molecule has 2 heterocycles. The molecule has 1 aliphatic heterocycles. The van der Waals surface area contributed by atoms with E-state index >= 15 is 0 Å². The number of anilines is 2. The van der Waals surface area contributed by atoms with Crippen molar-refractivity contribution in [3.63, 3.8) is 0 Å². The number of carbonyl (C=O) groups is 3. The van der Waals surface area contributed by atoms with Gasteiger partial charge in [-0.3, -0.25) is 14.4 Å². The number of nitrogens with one attached hydrogen (secondary N) is 2. The predicted octanol–water partition coefficient (Wildman–Crippen LogP) is 3.54. The van der Waals surface area contributed by atoms with Gasteiger partial charge in [-0.05, 0) is 31.0 Å². The standard InChI is InChI=1S/C24H24N4O3S/c1-16-26-20(15-32-16)18-8-6-17(7-9-18)12-13-25-22(29)10-11-24(31)28-14-23(30)27-19-4-2-3-5-21(19)28/h2-9,15H,10-14H2,1H3,(H,25,29)(H,27,30). The van der Waals surface area contributed by atoms with Crippen LogP contribution in [0.25, 0.3) is 11.3 Å². The van der Waals surface area contributed by atoms with Gasteiger partial charge in [-0.2, -0.15) is 0 Å². The number of benzene rings is 2. The number of aromatic nitrogens is 1. The molecule has 0 saturated carbocycles. The van der Waals surface area contributed by atoms with Gasteiger partial charge in [0.25, 0.3) is 0 Å². The van der Waals surface area contributed by atoms with Crippen LogP contribution in [0.2, 0.25) is 0 Å². The second-order valence-corrected chi connectivity index (χ2v) is 8.66. The van der Waals surface area contributed by atoms with E-state index in [9.17, 15) is 14.4 Å². The third-order valence-electron chi connectivity index (χ3n) is 5.24. The minimum absolute atomic E-state index is 0.0338. The highest BCUT2D eigenvalue weighted by atomic mass is 32.1. The lowest BCUT2D eigenvalue weighted by Gasteiger charge is -2.29. The van der Waals surface area contributed by atoms with Gasteiger partial charge in [0.05, 0.1) is 22.1 Å². The Morgan fingerprint density at radius 2 is 1.91 bits per heavy atom. The van der Waals surface area contributed by atoms with Gasteiger partial charge in [0, 0.05) is 30.3 Å². The second-order valence-electron chi connectivity index (χ2n) is 7.59. The SMILES string of the molecule is Cc1nc(-c2ccc(CCNC(=O)CCC(=O)N3CC(=O)Nc4ccccc43)cc2)cs1. The summed E-state index contributed by atoms with van der Waals surface area (Å²) < 4.78 is 0. The monoisotopic (exact) mass is 448 g/mol. The maximum Gasteiger partial charge on any atom is 0.244 e. The van der Waals surface area contributed by atoms with E-state index < -0.39 is 0 Å². The lowest BCUT2D eigenvalue weighted by Crippen LogP contribution is -2.42. The van der Waals surface area contributed by atoms with Crippen LogP contribution in [0.5, 0.6) is 0 Å². The summed E-state index contributed by atoms with van der Waals surface area (Å²) in [6.45, 7) is 2.45. The van der Waals surface area contributed by atoms with Crippen LogP contribution < -0.4 is 15.5 Å². The van der Waals surface area contributed by atoms with Crippen LogP contribution in [0, 0.1) is 6.92 Å². The summed E-state index contributed by atoms with van der Waals surface area (Å²) in [5, 5.41) is 8.70. The molecule has 0 aliphatic carbocycles. The summed E-state index contributed by atoms with van der Waals surface area (Å²) in [6, 6.07) is 15.3. The predicted molar refractivity (Wildman–Crippen MR) is 126 cm³/mol. The van der Waals surface area contributed by atoms with Gasteiger partial charge in [0.15, 0.2) is 0 Å². The van der Waals surface area contributed by atoms with E-state index in [1.54, 1.807) is 29.5 Å². The first-order chi connectivity index (χ1) is 15.5. The number of fused-ring (bicyclic) bond motifs is 1. The molecule has 0 fully saturated rings. The number of hydrogen-bond acceptors (Lipinski definition) is 5. The topological polar surface area (TPSA) is 91.4 Å². The maximum atomic E-state index is 12.6. The second kappa shape index (κ2) is 9.74. The molecule has 2 N–H and O–H groups in total. The van der Waals surface area contributed by atoms with Crippen molar-refractivity contribution in [1.29, 1.82) is 0 Å². The Balaban J connectivity index is 1.23. The van der Waals surface area contributed by atoms with Gasteiger partial charge in [-0.1, -0.05) is 36.4 Å². The van der Waals surface area contributed by atoms with Crippen LogP contribution in [0.4, 0.5) is 11.4 Å². The number of para-hydroxylation sites is 2. The number of hydrogen-bond donors (Lipinski definition) is 2. The number of nitrogens with zero attached hydrogens (tertiary/aromatic N) is 2. The lowest BCUT2D eigenvalue weighted by molar-refractivity contribution is -0.125. The molecule has 1 aromatic heterocycles. The molecule has 32 heavy (non-hydrogen) atoms. The van der Waals surface area contributed by atoms with Crippen molar-refractivity contribution in [2.24, 2.45) is 0 Å². The van der Waals surface area contributed by atoms with E-state index in [1.165, 1.54) is 4.90 Å². The molecular formula is C24H24N4O3S. The number of aryl methyl sites for hydroxylation is 1. The third kappa shape index (κ3) is 5.20. The largest absolute Gasteiger partial charge is 0.356 e. The Hall–Kier alpha value is -3.52. The fourth-order valence-corrected chi connectivity index (χ4v) is 4.21. The van der Waals surface area contributed by atoms with Crippen molar-refractivity contribution in [3.8, 4) is 11.3 Å². The summed E-state index contributed by atoms with van der Waals surface area (Å²) in [4.78, 5) is 42.6. The van der Waals surface area contributed by atoms with Crippen LogP contribution in [0.1, 0.15) is 23.4 Å². The van der Waals surface area contributed by atoms with Crippen LogP contribution in [0.15, 0.2) is 53.9 Å². The fourth-order valence-electron chi connectivity index (χ4n) is 3.58. The zero-order valence-corrected chi connectivity index (χ0v) is 18.6. The molecule has 0 unspecified atom stereocenters. The minimum Gasteiger partial charge on any atom is -0.356 e. The molecule has 8 heteroatoms. The van der Waals surface area contributed by atoms with Gasteiger partial charge >= 0.3 is 0 Å². The number of amides is 3. The highest BCUT2D eigenvalue weighted by Gasteiger charge is 2.26. The number of rotatable bonds is 7. The normalized spacial score (nSPS) is 12.8. The van der Waals surface area contributed by atoms with Crippen molar-refractivity contribution in [2.75, 3.05) is 23.3 Å². The summed E-state index contributed by atoms with van der Waals surface area (Å²) >= 11 is 1.63. The molecule has 0 radical (unpaired) electrons. The van der Waals surface area contributed by atoms with Gasteiger partial charge < -0.3 is 15.5 Å². The van der Waals surface area contributed by atoms with Gasteiger partial charge in [0.1, 0.15) is 6.54 Å². The first kappa shape index (κ1) is 21.7. The maximum absolute atomic E-state index is 12.6. The lowest BCUT2D eigenvalue weighted by atomic mass is 10.1. The van der Waals surface area contributed by atoms with E-state index in [-0.39, 0.29) is 37.1 Å². The molecule has 0 atom stereocenters. The van der Waals surface area contributed by atoms with Crippen LogP contribution in [-0.2, 0) is 20.8 Å². The van der Waals surface area contributed by atoms with E-state index in [4.69, 9.17) is 0 Å². The van der Waals surface area contributed by atoms with Crippen LogP contribution >= 0.6 is 11.3 Å². The summed E-state index contributed by atoms with van der Waals surface area (Å²) in [5.74, 6) is -0.657. The Kier molecular flexibility index (Phi) is 6.61. The van der Waals surface area contributed by atoms with Crippen molar-refractivity contribution >= 4 is 40.4 Å². The van der Waals surface area contributed by atoms with E-state index in [2.05, 4.69) is 15.6 Å². The highest BCUT2D eigenvalue weighted by molar-refractivity contribution is 7.09. The first-order valence-electron chi connectivity index (χ1n) is 10.5. The number of thiazole rings is 1. The zero-order valence-electron chi connectivity index (χ0n) is 17.8. The Morgan fingerprint density at radius 3 is 2.66 bits per heavy atom. The van der Waals surface area contributed by atoms with E-state index in [1.807, 2.05) is 42.6 Å². The number of carbonyl (C=O) groups excluding carboxylic acids is 3. The average Bonchev–Trinajstić information content (AvgIpc) is 3.23. The molecule has 164 valence electrons. The van der Waals surface area contributed by atoms with Gasteiger partial charge in [0.2, 0.25) is 17.7 Å². The quantitative estimate of drug-likeness (QED) is 0.578. The summed E-state index contributed by atoms with van der Waals surface area (Å²) in [5.41, 5.74) is 4.44. The third-order valence-corrected chi connectivity index (χ3v) is 6.02. The molecular weight excluding hydrogens is 424 g/mol. The van der Waals surface area contributed by atoms with Crippen LogP contribution in [-0.4, -0.2) is 35.8 Å². The molecule has 3 amide bonds. The molecule has 3 aromatic rings. The van der Waals surface area contributed by atoms with E-state index in [0.29, 0.717) is 24.3 Å². The highest BCUT2D eigenvalue weighted by Crippen LogP contribution is 2.29. The molecule has 0 spiro atoms. The van der Waals surface area contributed by atoms with Crippen molar-refractivity contribution in [2.45, 2.75) is 26.2 Å². The average molecular weight is 449 g/mol. The molecule has 2 aromatic carbocycles. The minimum atomic E-state index is -0.240. The molecule has 4 rings (SSSR count). The van der Waals surface area contributed by atoms with Crippen LogP contribution in [0.3, 0.4) is 0 Å². The molecule has 1 aliphatic rings. The van der Waals surface area contributed by atoms with E-state index in [0.717, 1.165) is 21.8 Å². The summed E-state index contributed by atoms with van der Waals surface area (Å²) in [7, 11) is 0.